The van der Waals surface area contributed by atoms with Crippen molar-refractivity contribution in [2.24, 2.45) is 0 Å². The van der Waals surface area contributed by atoms with Gasteiger partial charge in [0.1, 0.15) is 0 Å². The molecule has 3 aromatic carbocycles. The SMILES string of the molecule is FC(F)(F)c1ccc(CN2CCCC(c3cccc(-c4ccc(C(F)(F)F)cc4)c3)C2)cc1. The van der Waals surface area contributed by atoms with Crippen LogP contribution in [0.5, 0.6) is 0 Å². The summed E-state index contributed by atoms with van der Waals surface area (Å²) in [4.78, 5) is 2.24. The first-order chi connectivity index (χ1) is 15.6. The van der Waals surface area contributed by atoms with Crippen molar-refractivity contribution in [2.45, 2.75) is 37.7 Å². The Balaban J connectivity index is 1.45. The number of rotatable bonds is 4. The van der Waals surface area contributed by atoms with E-state index < -0.39 is 23.5 Å². The molecule has 33 heavy (non-hydrogen) atoms. The van der Waals surface area contributed by atoms with Crippen molar-refractivity contribution >= 4 is 0 Å². The second kappa shape index (κ2) is 9.21. The molecule has 1 aliphatic rings. The van der Waals surface area contributed by atoms with Crippen LogP contribution in [0.15, 0.2) is 72.8 Å². The van der Waals surface area contributed by atoms with Crippen LogP contribution in [0.1, 0.15) is 41.0 Å². The monoisotopic (exact) mass is 463 g/mol. The number of alkyl halides is 6. The number of piperidine rings is 1. The maximum atomic E-state index is 12.8. The maximum absolute atomic E-state index is 12.8. The van der Waals surface area contributed by atoms with E-state index in [1.165, 1.54) is 24.3 Å². The Kier molecular flexibility index (Phi) is 6.52. The van der Waals surface area contributed by atoms with Gasteiger partial charge < -0.3 is 0 Å². The smallest absolute Gasteiger partial charge is 0.298 e. The van der Waals surface area contributed by atoms with E-state index in [1.807, 2.05) is 24.3 Å². The van der Waals surface area contributed by atoms with Crippen LogP contribution in [0.25, 0.3) is 11.1 Å². The van der Waals surface area contributed by atoms with E-state index in [0.29, 0.717) is 6.54 Å². The van der Waals surface area contributed by atoms with Gasteiger partial charge in [-0.25, -0.2) is 0 Å². The van der Waals surface area contributed by atoms with E-state index in [9.17, 15) is 26.3 Å². The summed E-state index contributed by atoms with van der Waals surface area (Å²) in [5.74, 6) is 0.252. The third-order valence-corrected chi connectivity index (χ3v) is 6.10. The molecule has 1 unspecified atom stereocenters. The number of benzene rings is 3. The van der Waals surface area contributed by atoms with E-state index in [0.717, 1.165) is 72.5 Å². The zero-order chi connectivity index (χ0) is 23.6. The molecule has 4 rings (SSSR count). The van der Waals surface area contributed by atoms with Crippen molar-refractivity contribution in [3.05, 3.63) is 95.1 Å². The van der Waals surface area contributed by atoms with E-state index in [-0.39, 0.29) is 5.92 Å². The molecular formula is C26H23F6N. The minimum Gasteiger partial charge on any atom is -0.298 e. The Hall–Kier alpha value is -2.80. The molecule has 0 aliphatic carbocycles. The Labute approximate surface area is 188 Å². The van der Waals surface area contributed by atoms with Crippen LogP contribution < -0.4 is 0 Å². The van der Waals surface area contributed by atoms with Crippen LogP contribution >= 0.6 is 0 Å². The lowest BCUT2D eigenvalue weighted by Crippen LogP contribution is -2.33. The van der Waals surface area contributed by atoms with Gasteiger partial charge in [0.05, 0.1) is 11.1 Å². The highest BCUT2D eigenvalue weighted by molar-refractivity contribution is 5.64. The molecule has 1 atom stereocenters. The molecule has 1 fully saturated rings. The average molecular weight is 463 g/mol. The van der Waals surface area contributed by atoms with Gasteiger partial charge in [-0.3, -0.25) is 4.90 Å². The molecule has 1 heterocycles. The molecule has 0 spiro atoms. The van der Waals surface area contributed by atoms with Crippen LogP contribution in [0, 0.1) is 0 Å². The lowest BCUT2D eigenvalue weighted by atomic mass is 9.88. The molecule has 0 saturated carbocycles. The summed E-state index contributed by atoms with van der Waals surface area (Å²) >= 11 is 0. The highest BCUT2D eigenvalue weighted by Gasteiger charge is 2.31. The minimum atomic E-state index is -4.36. The number of halogens is 6. The van der Waals surface area contributed by atoms with Gasteiger partial charge in [0, 0.05) is 13.1 Å². The molecule has 0 aromatic heterocycles. The van der Waals surface area contributed by atoms with Crippen molar-refractivity contribution in [3.8, 4) is 11.1 Å². The zero-order valence-electron chi connectivity index (χ0n) is 17.8. The Morgan fingerprint density at radius 1 is 0.727 bits per heavy atom. The van der Waals surface area contributed by atoms with Gasteiger partial charge in [-0.05, 0) is 71.8 Å². The van der Waals surface area contributed by atoms with Crippen molar-refractivity contribution in [3.63, 3.8) is 0 Å². The average Bonchev–Trinajstić information content (AvgIpc) is 2.79. The van der Waals surface area contributed by atoms with Gasteiger partial charge in [0.25, 0.3) is 0 Å². The van der Waals surface area contributed by atoms with Crippen molar-refractivity contribution in [1.29, 1.82) is 0 Å². The summed E-state index contributed by atoms with van der Waals surface area (Å²) in [5, 5.41) is 0. The van der Waals surface area contributed by atoms with Gasteiger partial charge in [-0.2, -0.15) is 26.3 Å². The zero-order valence-corrected chi connectivity index (χ0v) is 17.8. The number of nitrogens with zero attached hydrogens (tertiary/aromatic N) is 1. The number of hydrogen-bond donors (Lipinski definition) is 0. The van der Waals surface area contributed by atoms with E-state index in [2.05, 4.69) is 4.90 Å². The molecule has 0 bridgehead atoms. The lowest BCUT2D eigenvalue weighted by Gasteiger charge is -2.33. The summed E-state index contributed by atoms with van der Waals surface area (Å²) in [5.41, 5.74) is 2.21. The third-order valence-electron chi connectivity index (χ3n) is 6.10. The summed E-state index contributed by atoms with van der Waals surface area (Å²) in [6, 6.07) is 18.3. The Bertz CT molecular complexity index is 1070. The first-order valence-corrected chi connectivity index (χ1v) is 10.8. The molecule has 1 saturated heterocycles. The van der Waals surface area contributed by atoms with Gasteiger partial charge in [0.2, 0.25) is 0 Å². The molecule has 7 heteroatoms. The predicted molar refractivity (Wildman–Crippen MR) is 116 cm³/mol. The van der Waals surface area contributed by atoms with Crippen LogP contribution in [-0.2, 0) is 18.9 Å². The van der Waals surface area contributed by atoms with Gasteiger partial charge >= 0.3 is 12.4 Å². The number of likely N-dealkylation sites (tertiary alicyclic amines) is 1. The first kappa shape index (κ1) is 23.4. The van der Waals surface area contributed by atoms with Crippen molar-refractivity contribution in [2.75, 3.05) is 13.1 Å². The normalized spacial score (nSPS) is 17.8. The van der Waals surface area contributed by atoms with Crippen LogP contribution in [0.2, 0.25) is 0 Å². The van der Waals surface area contributed by atoms with E-state index in [4.69, 9.17) is 0 Å². The van der Waals surface area contributed by atoms with Gasteiger partial charge in [0.15, 0.2) is 0 Å². The van der Waals surface area contributed by atoms with Gasteiger partial charge in [-0.1, -0.05) is 48.5 Å². The fourth-order valence-corrected chi connectivity index (χ4v) is 4.35. The molecule has 1 aliphatic heterocycles. The fourth-order valence-electron chi connectivity index (χ4n) is 4.35. The highest BCUT2D eigenvalue weighted by Crippen LogP contribution is 2.34. The van der Waals surface area contributed by atoms with Gasteiger partial charge in [-0.15, -0.1) is 0 Å². The maximum Gasteiger partial charge on any atom is 0.416 e. The summed E-state index contributed by atoms with van der Waals surface area (Å²) < 4.78 is 76.9. The lowest BCUT2D eigenvalue weighted by molar-refractivity contribution is -0.138. The fraction of sp³-hybridized carbons (Fsp3) is 0.308. The molecule has 3 aromatic rings. The highest BCUT2D eigenvalue weighted by atomic mass is 19.4. The van der Waals surface area contributed by atoms with Crippen LogP contribution in [-0.4, -0.2) is 18.0 Å². The molecule has 0 amide bonds. The summed E-state index contributed by atoms with van der Waals surface area (Å²) in [6.07, 6.45) is -6.75. The topological polar surface area (TPSA) is 3.24 Å². The largest absolute Gasteiger partial charge is 0.416 e. The second-order valence-corrected chi connectivity index (χ2v) is 8.47. The predicted octanol–water partition coefficient (Wildman–Crippen LogP) is 7.77. The Morgan fingerprint density at radius 3 is 1.94 bits per heavy atom. The molecule has 0 N–H and O–H groups in total. The first-order valence-electron chi connectivity index (χ1n) is 10.8. The summed E-state index contributed by atoms with van der Waals surface area (Å²) in [6.45, 7) is 2.22. The molecule has 174 valence electrons. The third kappa shape index (κ3) is 5.77. The van der Waals surface area contributed by atoms with Crippen molar-refractivity contribution < 1.29 is 26.3 Å². The molecule has 0 radical (unpaired) electrons. The molecule has 1 nitrogen and oxygen atoms in total. The van der Waals surface area contributed by atoms with E-state index in [1.54, 1.807) is 0 Å². The molecular weight excluding hydrogens is 440 g/mol. The van der Waals surface area contributed by atoms with E-state index >= 15 is 0 Å². The van der Waals surface area contributed by atoms with Crippen molar-refractivity contribution in [1.82, 2.24) is 4.90 Å². The Morgan fingerprint density at radius 2 is 1.33 bits per heavy atom. The van der Waals surface area contributed by atoms with Crippen LogP contribution in [0.3, 0.4) is 0 Å². The van der Waals surface area contributed by atoms with Crippen LogP contribution in [0.4, 0.5) is 26.3 Å². The minimum absolute atomic E-state index is 0.252. The summed E-state index contributed by atoms with van der Waals surface area (Å²) in [7, 11) is 0. The second-order valence-electron chi connectivity index (χ2n) is 8.47. The standard InChI is InChI=1S/C26H23F6N/c27-25(28,29)23-10-6-18(7-11-23)16-33-14-2-5-22(17-33)21-4-1-3-20(15-21)19-8-12-24(13-9-19)26(30,31)32/h1,3-4,6-13,15,22H,2,5,14,16-17H2. The number of hydrogen-bond acceptors (Lipinski definition) is 1. The quantitative estimate of drug-likeness (QED) is 0.357.